The lowest BCUT2D eigenvalue weighted by atomic mass is 10.1. The van der Waals surface area contributed by atoms with Crippen molar-refractivity contribution in [3.8, 4) is 11.1 Å². The van der Waals surface area contributed by atoms with E-state index in [1.165, 1.54) is 60.0 Å². The van der Waals surface area contributed by atoms with Crippen LogP contribution >= 0.6 is 31.9 Å². The number of unbranched alkanes of at least 4 members (excludes halogenated alkanes) is 5. The van der Waals surface area contributed by atoms with E-state index in [-0.39, 0.29) is 0 Å². The van der Waals surface area contributed by atoms with Gasteiger partial charge in [0.25, 0.3) is 8.32 Å². The van der Waals surface area contributed by atoms with E-state index in [1.54, 1.807) is 0 Å². The molecule has 2 aromatic rings. The van der Waals surface area contributed by atoms with Gasteiger partial charge in [-0.05, 0) is 58.7 Å². The summed E-state index contributed by atoms with van der Waals surface area (Å²) in [5, 5.41) is 2.81. The van der Waals surface area contributed by atoms with E-state index in [9.17, 15) is 0 Å². The quantitative estimate of drug-likeness (QED) is 0.319. The van der Waals surface area contributed by atoms with E-state index >= 15 is 0 Å². The van der Waals surface area contributed by atoms with Crippen LogP contribution in [0.4, 0.5) is 0 Å². The first kappa shape index (κ1) is 19.3. The van der Waals surface area contributed by atoms with Gasteiger partial charge in [-0.2, -0.15) is 0 Å². The maximum absolute atomic E-state index is 6.66. The Morgan fingerprint density at radius 3 is 1.88 bits per heavy atom. The summed E-state index contributed by atoms with van der Waals surface area (Å²) in [6.45, 7) is 5.49. The fourth-order valence-electron chi connectivity index (χ4n) is 3.75. The highest BCUT2D eigenvalue weighted by molar-refractivity contribution is 9.10. The second-order valence-electron chi connectivity index (χ2n) is 7.03. The monoisotopic (exact) mass is 480 g/mol. The van der Waals surface area contributed by atoms with Crippen LogP contribution in [0, 0.1) is 0 Å². The predicted molar refractivity (Wildman–Crippen MR) is 117 cm³/mol. The lowest BCUT2D eigenvalue weighted by Crippen LogP contribution is -2.55. The Morgan fingerprint density at radius 2 is 1.32 bits per heavy atom. The molecule has 1 aliphatic heterocycles. The highest BCUT2D eigenvalue weighted by Crippen LogP contribution is 2.32. The molecule has 0 atom stereocenters. The van der Waals surface area contributed by atoms with Crippen molar-refractivity contribution in [1.29, 1.82) is 0 Å². The third kappa shape index (κ3) is 4.13. The molecule has 3 rings (SSSR count). The smallest absolute Gasteiger partial charge is 0.253 e. The second-order valence-corrected chi connectivity index (χ2v) is 12.3. The summed E-state index contributed by atoms with van der Waals surface area (Å²) in [7, 11) is -2.13. The lowest BCUT2D eigenvalue weighted by molar-refractivity contribution is 0.306. The SMILES string of the molecule is CCCCCCCCO[Si]1(C)c2cc(Br)ccc2-c2ccc(Br)cc21. The topological polar surface area (TPSA) is 9.23 Å². The third-order valence-corrected chi connectivity index (χ3v) is 9.82. The molecule has 0 unspecified atom stereocenters. The maximum Gasteiger partial charge on any atom is 0.253 e. The van der Waals surface area contributed by atoms with Gasteiger partial charge in [-0.15, -0.1) is 0 Å². The molecule has 0 aliphatic carbocycles. The molecule has 0 radical (unpaired) electrons. The Bertz CT molecular complexity index is 693. The van der Waals surface area contributed by atoms with Gasteiger partial charge in [0.05, 0.1) is 0 Å². The van der Waals surface area contributed by atoms with Crippen LogP contribution < -0.4 is 10.4 Å². The summed E-state index contributed by atoms with van der Waals surface area (Å²) in [6.07, 6.45) is 7.80. The minimum absolute atomic E-state index is 0.868. The summed E-state index contributed by atoms with van der Waals surface area (Å²) in [4.78, 5) is 0. The molecule has 0 aromatic heterocycles. The molecule has 0 bridgehead atoms. The minimum Gasteiger partial charge on any atom is -0.408 e. The fourth-order valence-corrected chi connectivity index (χ4v) is 8.38. The van der Waals surface area contributed by atoms with Crippen molar-refractivity contribution >= 4 is 50.6 Å². The molecule has 4 heteroatoms. The van der Waals surface area contributed by atoms with Crippen LogP contribution in [-0.4, -0.2) is 14.9 Å². The average Bonchev–Trinajstić information content (AvgIpc) is 2.83. The van der Waals surface area contributed by atoms with Crippen LogP contribution in [-0.2, 0) is 4.43 Å². The molecule has 0 fully saturated rings. The van der Waals surface area contributed by atoms with Crippen molar-refractivity contribution in [2.75, 3.05) is 6.61 Å². The second kappa shape index (κ2) is 8.51. The van der Waals surface area contributed by atoms with E-state index in [1.807, 2.05) is 0 Å². The lowest BCUT2D eigenvalue weighted by Gasteiger charge is -2.25. The predicted octanol–water partition coefficient (Wildman–Crippen LogP) is 6.26. The fraction of sp³-hybridized carbons (Fsp3) is 0.429. The molecule has 134 valence electrons. The van der Waals surface area contributed by atoms with Crippen LogP contribution in [0.25, 0.3) is 11.1 Å². The van der Waals surface area contributed by atoms with Crippen LogP contribution in [0.3, 0.4) is 0 Å². The van der Waals surface area contributed by atoms with Gasteiger partial charge in [0, 0.05) is 15.6 Å². The van der Waals surface area contributed by atoms with Gasteiger partial charge in [-0.1, -0.05) is 83.0 Å². The van der Waals surface area contributed by atoms with Gasteiger partial charge < -0.3 is 4.43 Å². The summed E-state index contributed by atoms with van der Waals surface area (Å²) in [5.74, 6) is 0. The van der Waals surface area contributed by atoms with Gasteiger partial charge in [0.1, 0.15) is 0 Å². The summed E-state index contributed by atoms with van der Waals surface area (Å²) < 4.78 is 8.93. The largest absolute Gasteiger partial charge is 0.408 e. The first-order valence-electron chi connectivity index (χ1n) is 9.30. The van der Waals surface area contributed by atoms with E-state index in [0.29, 0.717) is 0 Å². The van der Waals surface area contributed by atoms with Crippen LogP contribution in [0.1, 0.15) is 45.4 Å². The Labute approximate surface area is 169 Å². The van der Waals surface area contributed by atoms with Crippen LogP contribution in [0.15, 0.2) is 45.3 Å². The van der Waals surface area contributed by atoms with E-state index < -0.39 is 8.32 Å². The highest BCUT2D eigenvalue weighted by Gasteiger charge is 2.43. The molecule has 0 saturated heterocycles. The maximum atomic E-state index is 6.66. The van der Waals surface area contributed by atoms with Crippen molar-refractivity contribution in [3.05, 3.63) is 45.3 Å². The number of benzene rings is 2. The molecular weight excluding hydrogens is 456 g/mol. The standard InChI is InChI=1S/C21H26Br2OSi/c1-3-4-5-6-7-8-13-24-25(2)20-14-16(22)9-11-18(20)19-12-10-17(23)15-21(19)25/h9-12,14-15H,3-8,13H2,1-2H3. The van der Waals surface area contributed by atoms with Crippen molar-refractivity contribution in [3.63, 3.8) is 0 Å². The molecule has 1 aliphatic rings. The normalized spacial score (nSPS) is 14.4. The Kier molecular flexibility index (Phi) is 6.58. The molecule has 1 heterocycles. The molecule has 25 heavy (non-hydrogen) atoms. The number of hydrogen-bond donors (Lipinski definition) is 0. The van der Waals surface area contributed by atoms with Crippen LogP contribution in [0.2, 0.25) is 6.55 Å². The first-order valence-corrected chi connectivity index (χ1v) is 13.3. The van der Waals surface area contributed by atoms with Gasteiger partial charge in [0.15, 0.2) is 0 Å². The zero-order valence-corrected chi connectivity index (χ0v) is 19.3. The Balaban J connectivity index is 1.77. The van der Waals surface area contributed by atoms with Crippen molar-refractivity contribution < 1.29 is 4.43 Å². The Morgan fingerprint density at radius 1 is 0.800 bits per heavy atom. The van der Waals surface area contributed by atoms with Crippen molar-refractivity contribution in [1.82, 2.24) is 0 Å². The van der Waals surface area contributed by atoms with Gasteiger partial charge in [-0.25, -0.2) is 0 Å². The summed E-state index contributed by atoms with van der Waals surface area (Å²) in [5.41, 5.74) is 2.70. The van der Waals surface area contributed by atoms with Gasteiger partial charge >= 0.3 is 0 Å². The number of rotatable bonds is 8. The zero-order chi connectivity index (χ0) is 17.9. The summed E-state index contributed by atoms with van der Waals surface area (Å²) in [6, 6.07) is 13.3. The van der Waals surface area contributed by atoms with Gasteiger partial charge in [0.2, 0.25) is 0 Å². The molecule has 0 amide bonds. The first-order chi connectivity index (χ1) is 12.1. The minimum atomic E-state index is -2.13. The third-order valence-electron chi connectivity index (χ3n) is 5.17. The number of fused-ring (bicyclic) bond motifs is 3. The number of hydrogen-bond acceptors (Lipinski definition) is 1. The molecule has 0 N–H and O–H groups in total. The van der Waals surface area contributed by atoms with E-state index in [2.05, 4.69) is 81.7 Å². The zero-order valence-electron chi connectivity index (χ0n) is 15.1. The Hall–Kier alpha value is -0.423. The van der Waals surface area contributed by atoms with E-state index in [4.69, 9.17) is 4.43 Å². The highest BCUT2D eigenvalue weighted by atomic mass is 79.9. The molecule has 2 aromatic carbocycles. The molecule has 1 nitrogen and oxygen atoms in total. The number of halogens is 2. The molecule has 0 saturated carbocycles. The summed E-state index contributed by atoms with van der Waals surface area (Å²) >= 11 is 7.30. The molecular formula is C21H26Br2OSi. The average molecular weight is 482 g/mol. The molecule has 0 spiro atoms. The van der Waals surface area contributed by atoms with Crippen LogP contribution in [0.5, 0.6) is 0 Å². The van der Waals surface area contributed by atoms with Crippen molar-refractivity contribution in [2.45, 2.75) is 52.0 Å². The van der Waals surface area contributed by atoms with Crippen molar-refractivity contribution in [2.24, 2.45) is 0 Å². The van der Waals surface area contributed by atoms with Gasteiger partial charge in [-0.3, -0.25) is 0 Å². The van der Waals surface area contributed by atoms with E-state index in [0.717, 1.165) is 15.6 Å².